The fourth-order valence-corrected chi connectivity index (χ4v) is 4.48. The van der Waals surface area contributed by atoms with Gasteiger partial charge in [-0.15, -0.1) is 0 Å². The molecule has 2 aromatic heterocycles. The van der Waals surface area contributed by atoms with E-state index in [-0.39, 0.29) is 5.78 Å². The molecule has 0 atom stereocenters. The molecule has 31 heavy (non-hydrogen) atoms. The van der Waals surface area contributed by atoms with Crippen LogP contribution in [0.5, 0.6) is 5.75 Å². The zero-order valence-corrected chi connectivity index (χ0v) is 17.5. The lowest BCUT2D eigenvalue weighted by molar-refractivity contribution is -0.0320. The average molecular weight is 418 g/mol. The molecule has 2 aromatic carbocycles. The van der Waals surface area contributed by atoms with E-state index in [4.69, 9.17) is 4.74 Å². The topological polar surface area (TPSA) is 83.4 Å². The monoisotopic (exact) mass is 418 g/mol. The molecule has 1 saturated heterocycles. The van der Waals surface area contributed by atoms with Crippen LogP contribution in [0, 0.1) is 0 Å². The third kappa shape index (κ3) is 3.82. The lowest BCUT2D eigenvalue weighted by Crippen LogP contribution is -2.48. The molecule has 0 amide bonds. The molecule has 0 saturated carbocycles. The number of methoxy groups -OCH3 is 1. The van der Waals surface area contributed by atoms with Gasteiger partial charge in [-0.1, -0.05) is 12.1 Å². The van der Waals surface area contributed by atoms with E-state index < -0.39 is 5.60 Å². The van der Waals surface area contributed by atoms with Crippen LogP contribution in [0.4, 0.5) is 0 Å². The number of rotatable bonds is 6. The Morgan fingerprint density at radius 3 is 2.84 bits per heavy atom. The van der Waals surface area contributed by atoms with Crippen LogP contribution < -0.4 is 4.74 Å². The number of Topliss-reactive ketones (excluding diaryl/α,β-unsaturated/α-hetero) is 1. The number of ether oxygens (including phenoxy) is 1. The van der Waals surface area contributed by atoms with Crippen molar-refractivity contribution in [1.82, 2.24) is 19.4 Å². The van der Waals surface area contributed by atoms with Crippen LogP contribution in [-0.2, 0) is 6.54 Å². The molecule has 0 radical (unpaired) electrons. The van der Waals surface area contributed by atoms with E-state index in [1.807, 2.05) is 47.0 Å². The lowest BCUT2D eigenvalue weighted by atomic mass is 9.91. The van der Waals surface area contributed by atoms with Crippen LogP contribution >= 0.6 is 0 Å². The minimum Gasteiger partial charge on any atom is -0.497 e. The summed E-state index contributed by atoms with van der Waals surface area (Å²) in [7, 11) is 1.62. The van der Waals surface area contributed by atoms with Gasteiger partial charge in [0.05, 0.1) is 43.2 Å². The lowest BCUT2D eigenvalue weighted by Gasteiger charge is -2.38. The number of hydrogen-bond donors (Lipinski definition) is 2. The molecule has 0 bridgehead atoms. The molecule has 7 nitrogen and oxygen atoms in total. The maximum Gasteiger partial charge on any atom is 0.178 e. The van der Waals surface area contributed by atoms with E-state index in [2.05, 4.69) is 14.9 Å². The van der Waals surface area contributed by atoms with E-state index >= 15 is 0 Å². The van der Waals surface area contributed by atoms with Gasteiger partial charge >= 0.3 is 0 Å². The number of fused-ring (bicyclic) bond motifs is 2. The Hall–Kier alpha value is -3.16. The van der Waals surface area contributed by atoms with E-state index in [0.717, 1.165) is 27.7 Å². The smallest absolute Gasteiger partial charge is 0.178 e. The van der Waals surface area contributed by atoms with Crippen LogP contribution in [0.3, 0.4) is 0 Å². The van der Waals surface area contributed by atoms with Crippen LogP contribution in [0.25, 0.3) is 21.9 Å². The minimum absolute atomic E-state index is 0.0746. The summed E-state index contributed by atoms with van der Waals surface area (Å²) in [6.45, 7) is 2.22. The van der Waals surface area contributed by atoms with Crippen molar-refractivity contribution in [2.45, 2.75) is 25.0 Å². The number of ketones is 1. The number of imidazole rings is 1. The second-order valence-corrected chi connectivity index (χ2v) is 8.40. The SMILES string of the molecule is COc1ccc2[nH]cc(C(=O)CN3CCC(O)(Cn4cnc5ccccc54)CC3)c2c1. The van der Waals surface area contributed by atoms with E-state index in [1.165, 1.54) is 0 Å². The number of aromatic nitrogens is 3. The summed E-state index contributed by atoms with van der Waals surface area (Å²) in [4.78, 5) is 22.7. The second-order valence-electron chi connectivity index (χ2n) is 8.40. The first-order valence-corrected chi connectivity index (χ1v) is 10.6. The van der Waals surface area contributed by atoms with Gasteiger partial charge in [0.2, 0.25) is 0 Å². The van der Waals surface area contributed by atoms with E-state index in [0.29, 0.717) is 44.6 Å². The third-order valence-corrected chi connectivity index (χ3v) is 6.34. The largest absolute Gasteiger partial charge is 0.497 e. The number of likely N-dealkylation sites (tertiary alicyclic amines) is 1. The number of carbonyl (C=O) groups is 1. The molecule has 1 fully saturated rings. The second kappa shape index (κ2) is 7.83. The first-order chi connectivity index (χ1) is 15.0. The van der Waals surface area contributed by atoms with E-state index in [1.54, 1.807) is 19.6 Å². The van der Waals surface area contributed by atoms with Gasteiger partial charge in [-0.05, 0) is 43.2 Å². The maximum absolute atomic E-state index is 13.0. The van der Waals surface area contributed by atoms with Crippen LogP contribution in [0.1, 0.15) is 23.2 Å². The van der Waals surface area contributed by atoms with Crippen molar-refractivity contribution in [2.75, 3.05) is 26.7 Å². The van der Waals surface area contributed by atoms with Gasteiger partial charge in [-0.3, -0.25) is 9.69 Å². The van der Waals surface area contributed by atoms with Gasteiger partial charge in [-0.25, -0.2) is 4.98 Å². The van der Waals surface area contributed by atoms with Crippen LogP contribution in [0.15, 0.2) is 55.0 Å². The highest BCUT2D eigenvalue weighted by molar-refractivity contribution is 6.09. The number of aromatic amines is 1. The van der Waals surface area contributed by atoms with Gasteiger partial charge < -0.3 is 19.4 Å². The standard InChI is InChI=1S/C24H26N4O3/c1-31-17-6-7-20-18(12-17)19(13-25-20)23(29)14-27-10-8-24(30,9-11-27)15-28-16-26-21-4-2-3-5-22(21)28/h2-7,12-13,16,25,30H,8-11,14-15H2,1H3. The van der Waals surface area contributed by atoms with Gasteiger partial charge in [-0.2, -0.15) is 0 Å². The van der Waals surface area contributed by atoms with Gasteiger partial charge in [0.1, 0.15) is 5.75 Å². The molecule has 0 spiro atoms. The number of para-hydroxylation sites is 2. The molecular formula is C24H26N4O3. The zero-order chi connectivity index (χ0) is 21.4. The number of hydrogen-bond acceptors (Lipinski definition) is 5. The third-order valence-electron chi connectivity index (χ3n) is 6.34. The van der Waals surface area contributed by atoms with Crippen molar-refractivity contribution < 1.29 is 14.6 Å². The van der Waals surface area contributed by atoms with Crippen molar-refractivity contribution in [3.05, 3.63) is 60.6 Å². The Labute approximate surface area is 180 Å². The Balaban J connectivity index is 1.24. The predicted octanol–water partition coefficient (Wildman–Crippen LogP) is 3.24. The highest BCUT2D eigenvalue weighted by Gasteiger charge is 2.33. The number of carbonyl (C=O) groups excluding carboxylic acids is 1. The molecule has 5 rings (SSSR count). The van der Waals surface area contributed by atoms with Gasteiger partial charge in [0.25, 0.3) is 0 Å². The predicted molar refractivity (Wildman–Crippen MR) is 120 cm³/mol. The average Bonchev–Trinajstić information content (AvgIpc) is 3.39. The Kier molecular flexibility index (Phi) is 5.00. The Morgan fingerprint density at radius 1 is 1.23 bits per heavy atom. The molecule has 7 heteroatoms. The van der Waals surface area contributed by atoms with Crippen LogP contribution in [0.2, 0.25) is 0 Å². The molecule has 0 unspecified atom stereocenters. The first kappa shape index (κ1) is 19.8. The molecule has 160 valence electrons. The fourth-order valence-electron chi connectivity index (χ4n) is 4.48. The highest BCUT2D eigenvalue weighted by Crippen LogP contribution is 2.27. The summed E-state index contributed by atoms with van der Waals surface area (Å²) in [6, 6.07) is 13.6. The first-order valence-electron chi connectivity index (χ1n) is 10.6. The van der Waals surface area contributed by atoms with Gasteiger partial charge in [0, 0.05) is 35.8 Å². The quantitative estimate of drug-likeness (QED) is 0.470. The number of nitrogens with one attached hydrogen (secondary N) is 1. The van der Waals surface area contributed by atoms with Crippen molar-refractivity contribution in [3.63, 3.8) is 0 Å². The Morgan fingerprint density at radius 2 is 2.03 bits per heavy atom. The molecular weight excluding hydrogens is 392 g/mol. The molecule has 3 heterocycles. The summed E-state index contributed by atoms with van der Waals surface area (Å²) in [5.74, 6) is 0.807. The highest BCUT2D eigenvalue weighted by atomic mass is 16.5. The number of nitrogens with zero attached hydrogens (tertiary/aromatic N) is 3. The zero-order valence-electron chi connectivity index (χ0n) is 17.5. The summed E-state index contributed by atoms with van der Waals surface area (Å²) in [6.07, 6.45) is 4.81. The normalized spacial score (nSPS) is 16.7. The number of aliphatic hydroxyl groups is 1. The summed E-state index contributed by atoms with van der Waals surface area (Å²) >= 11 is 0. The Bertz CT molecular complexity index is 1230. The van der Waals surface area contributed by atoms with Crippen LogP contribution in [-0.4, -0.2) is 62.7 Å². The molecule has 1 aliphatic heterocycles. The molecule has 0 aliphatic carbocycles. The maximum atomic E-state index is 13.0. The van der Waals surface area contributed by atoms with E-state index in [9.17, 15) is 9.90 Å². The number of H-pyrrole nitrogens is 1. The van der Waals surface area contributed by atoms with Crippen molar-refractivity contribution in [2.24, 2.45) is 0 Å². The summed E-state index contributed by atoms with van der Waals surface area (Å²) in [5.41, 5.74) is 2.77. The van der Waals surface area contributed by atoms with Crippen molar-refractivity contribution in [1.29, 1.82) is 0 Å². The van der Waals surface area contributed by atoms with Crippen molar-refractivity contribution in [3.8, 4) is 5.75 Å². The van der Waals surface area contributed by atoms with Gasteiger partial charge in [0.15, 0.2) is 5.78 Å². The summed E-state index contributed by atoms with van der Waals surface area (Å²) < 4.78 is 7.32. The number of benzene rings is 2. The van der Waals surface area contributed by atoms with Crippen molar-refractivity contribution >= 4 is 27.7 Å². The molecule has 1 aliphatic rings. The summed E-state index contributed by atoms with van der Waals surface area (Å²) in [5, 5.41) is 12.0. The molecule has 4 aromatic rings. The number of piperidine rings is 1. The fraction of sp³-hybridized carbons (Fsp3) is 0.333. The minimum atomic E-state index is -0.794. The molecule has 2 N–H and O–H groups in total.